The Balaban J connectivity index is 2.32. The summed E-state index contributed by atoms with van der Waals surface area (Å²) in [6, 6.07) is 0. The van der Waals surface area contributed by atoms with E-state index in [9.17, 15) is 0 Å². The van der Waals surface area contributed by atoms with E-state index < -0.39 is 0 Å². The molecule has 2 aliphatic carbocycles. The second-order valence-electron chi connectivity index (χ2n) is 5.91. The van der Waals surface area contributed by atoms with Crippen molar-refractivity contribution in [2.24, 2.45) is 11.3 Å². The van der Waals surface area contributed by atoms with E-state index in [2.05, 4.69) is 33.8 Å². The molecule has 2 atom stereocenters. The summed E-state index contributed by atoms with van der Waals surface area (Å²) in [5, 5.41) is 0. The average molecular weight is 204 g/mol. The van der Waals surface area contributed by atoms with Crippen LogP contribution in [-0.4, -0.2) is 0 Å². The number of rotatable bonds is 0. The van der Waals surface area contributed by atoms with E-state index in [0.29, 0.717) is 5.41 Å². The van der Waals surface area contributed by atoms with Gasteiger partial charge in [0.05, 0.1) is 0 Å². The molecule has 0 saturated heterocycles. The summed E-state index contributed by atoms with van der Waals surface area (Å²) in [7, 11) is 0. The Kier molecular flexibility index (Phi) is 2.79. The normalized spacial score (nSPS) is 35.9. The van der Waals surface area contributed by atoms with E-state index in [0.717, 1.165) is 5.92 Å². The number of fused-ring (bicyclic) bond motifs is 1. The third-order valence-electron chi connectivity index (χ3n) is 4.80. The number of hydrogen-bond donors (Lipinski definition) is 0. The summed E-state index contributed by atoms with van der Waals surface area (Å²) < 4.78 is 0. The van der Waals surface area contributed by atoms with Crippen LogP contribution in [0.1, 0.15) is 59.8 Å². The highest BCUT2D eigenvalue weighted by atomic mass is 14.4. The van der Waals surface area contributed by atoms with Gasteiger partial charge < -0.3 is 0 Å². The predicted molar refractivity (Wildman–Crippen MR) is 66.8 cm³/mol. The quantitative estimate of drug-likeness (QED) is 0.494. The molecule has 0 aliphatic heterocycles. The molecule has 0 heterocycles. The van der Waals surface area contributed by atoms with Crippen molar-refractivity contribution in [3.63, 3.8) is 0 Å². The minimum absolute atomic E-state index is 0.489. The van der Waals surface area contributed by atoms with Gasteiger partial charge in [-0.05, 0) is 57.3 Å². The van der Waals surface area contributed by atoms with Gasteiger partial charge in [-0.25, -0.2) is 0 Å². The molecule has 84 valence electrons. The Hall–Kier alpha value is -0.520. The van der Waals surface area contributed by atoms with Crippen molar-refractivity contribution in [3.05, 3.63) is 22.8 Å². The van der Waals surface area contributed by atoms with Crippen LogP contribution >= 0.6 is 0 Å². The van der Waals surface area contributed by atoms with Crippen LogP contribution in [0.3, 0.4) is 0 Å². The Morgan fingerprint density at radius 2 is 2.07 bits per heavy atom. The molecule has 0 aromatic rings. The molecule has 0 unspecified atom stereocenters. The van der Waals surface area contributed by atoms with Gasteiger partial charge in [0.15, 0.2) is 0 Å². The Morgan fingerprint density at radius 3 is 2.73 bits per heavy atom. The second kappa shape index (κ2) is 3.81. The Labute approximate surface area is 94.5 Å². The zero-order valence-electron chi connectivity index (χ0n) is 10.7. The summed E-state index contributed by atoms with van der Waals surface area (Å²) in [6.45, 7) is 9.49. The molecule has 0 N–H and O–H groups in total. The Bertz CT molecular complexity index is 315. The van der Waals surface area contributed by atoms with E-state index in [-0.39, 0.29) is 0 Å². The van der Waals surface area contributed by atoms with Gasteiger partial charge in [0, 0.05) is 0 Å². The maximum Gasteiger partial charge on any atom is -0.00534 e. The lowest BCUT2D eigenvalue weighted by Crippen LogP contribution is -2.34. The largest absolute Gasteiger partial charge is 0.0847 e. The van der Waals surface area contributed by atoms with Crippen molar-refractivity contribution in [1.29, 1.82) is 0 Å². The monoisotopic (exact) mass is 204 g/mol. The van der Waals surface area contributed by atoms with Crippen molar-refractivity contribution in [3.8, 4) is 0 Å². The van der Waals surface area contributed by atoms with Gasteiger partial charge in [-0.15, -0.1) is 0 Å². The average Bonchev–Trinajstić information content (AvgIpc) is 2.19. The van der Waals surface area contributed by atoms with Gasteiger partial charge >= 0.3 is 0 Å². The molecule has 0 aromatic carbocycles. The smallest absolute Gasteiger partial charge is 0.00534 e. The highest BCUT2D eigenvalue weighted by Crippen LogP contribution is 2.52. The first-order valence-corrected chi connectivity index (χ1v) is 6.39. The fourth-order valence-corrected chi connectivity index (χ4v) is 3.30. The van der Waals surface area contributed by atoms with Crippen LogP contribution in [0.25, 0.3) is 0 Å². The van der Waals surface area contributed by atoms with Crippen LogP contribution in [-0.2, 0) is 0 Å². The molecule has 0 aromatic heterocycles. The van der Waals surface area contributed by atoms with E-state index >= 15 is 0 Å². The van der Waals surface area contributed by atoms with Crippen LogP contribution < -0.4 is 0 Å². The molecule has 0 amide bonds. The van der Waals surface area contributed by atoms with Crippen LogP contribution in [0, 0.1) is 11.3 Å². The minimum Gasteiger partial charge on any atom is -0.0847 e. The lowest BCUT2D eigenvalue weighted by atomic mass is 9.59. The van der Waals surface area contributed by atoms with E-state index in [1.165, 1.54) is 32.1 Å². The molecular weight excluding hydrogens is 180 g/mol. The van der Waals surface area contributed by atoms with Crippen LogP contribution in [0.15, 0.2) is 22.8 Å². The van der Waals surface area contributed by atoms with Crippen molar-refractivity contribution >= 4 is 0 Å². The molecule has 2 aliphatic rings. The Morgan fingerprint density at radius 1 is 1.33 bits per heavy atom. The standard InChI is InChI=1S/C15H24/c1-11(2)13-8-9-14-7-5-6-12(3)15(14,4)10-13/h7,12H,5-6,8-10H2,1-4H3/t12-,15+/m0/s1. The first-order valence-electron chi connectivity index (χ1n) is 6.39. The maximum absolute atomic E-state index is 2.53. The van der Waals surface area contributed by atoms with Crippen molar-refractivity contribution in [2.45, 2.75) is 59.8 Å². The summed E-state index contributed by atoms with van der Waals surface area (Å²) in [4.78, 5) is 0. The van der Waals surface area contributed by atoms with Crippen LogP contribution in [0.5, 0.6) is 0 Å². The van der Waals surface area contributed by atoms with Crippen molar-refractivity contribution < 1.29 is 0 Å². The second-order valence-corrected chi connectivity index (χ2v) is 5.91. The molecule has 0 heteroatoms. The van der Waals surface area contributed by atoms with Gasteiger partial charge in [-0.1, -0.05) is 36.6 Å². The van der Waals surface area contributed by atoms with Gasteiger partial charge in [-0.2, -0.15) is 0 Å². The molecule has 1 saturated carbocycles. The van der Waals surface area contributed by atoms with Crippen LogP contribution in [0.4, 0.5) is 0 Å². The van der Waals surface area contributed by atoms with Crippen molar-refractivity contribution in [2.75, 3.05) is 0 Å². The predicted octanol–water partition coefficient (Wildman–Crippen LogP) is 4.87. The molecule has 0 spiro atoms. The molecule has 2 rings (SSSR count). The van der Waals surface area contributed by atoms with E-state index in [1.807, 2.05) is 0 Å². The SMILES string of the molecule is CC(C)=C1CCC2=CCC[C@H](C)[C@@]2(C)C1. The zero-order chi connectivity index (χ0) is 11.1. The van der Waals surface area contributed by atoms with Crippen molar-refractivity contribution in [1.82, 2.24) is 0 Å². The third kappa shape index (κ3) is 1.79. The van der Waals surface area contributed by atoms with Gasteiger partial charge in [0.2, 0.25) is 0 Å². The molecule has 1 fully saturated rings. The van der Waals surface area contributed by atoms with Gasteiger partial charge in [0.25, 0.3) is 0 Å². The van der Waals surface area contributed by atoms with E-state index in [4.69, 9.17) is 0 Å². The highest BCUT2D eigenvalue weighted by molar-refractivity contribution is 5.29. The lowest BCUT2D eigenvalue weighted by Gasteiger charge is -2.45. The molecular formula is C15H24. The summed E-state index contributed by atoms with van der Waals surface area (Å²) in [5.41, 5.74) is 5.53. The van der Waals surface area contributed by atoms with Gasteiger partial charge in [-0.3, -0.25) is 0 Å². The number of allylic oxidation sites excluding steroid dienone is 4. The molecule has 0 radical (unpaired) electrons. The first kappa shape index (κ1) is 11.0. The molecule has 0 nitrogen and oxygen atoms in total. The fourth-order valence-electron chi connectivity index (χ4n) is 3.30. The number of hydrogen-bond acceptors (Lipinski definition) is 0. The zero-order valence-corrected chi connectivity index (χ0v) is 10.7. The topological polar surface area (TPSA) is 0 Å². The maximum atomic E-state index is 2.53. The highest BCUT2D eigenvalue weighted by Gasteiger charge is 2.39. The fraction of sp³-hybridized carbons (Fsp3) is 0.733. The van der Waals surface area contributed by atoms with E-state index in [1.54, 1.807) is 16.7 Å². The summed E-state index contributed by atoms with van der Waals surface area (Å²) in [5.74, 6) is 0.868. The lowest BCUT2D eigenvalue weighted by molar-refractivity contribution is 0.204. The summed E-state index contributed by atoms with van der Waals surface area (Å²) in [6.07, 6.45) is 9.19. The molecule has 0 bridgehead atoms. The third-order valence-corrected chi connectivity index (χ3v) is 4.80. The van der Waals surface area contributed by atoms with Gasteiger partial charge in [0.1, 0.15) is 0 Å². The molecule has 15 heavy (non-hydrogen) atoms. The minimum atomic E-state index is 0.489. The first-order chi connectivity index (χ1) is 7.04. The summed E-state index contributed by atoms with van der Waals surface area (Å²) >= 11 is 0. The van der Waals surface area contributed by atoms with Crippen LogP contribution in [0.2, 0.25) is 0 Å².